The average Bonchev–Trinajstić information content (AvgIpc) is 2.54. The third-order valence-electron chi connectivity index (χ3n) is 2.51. The normalized spacial score (nSPS) is 27.8. The predicted octanol–water partition coefficient (Wildman–Crippen LogP) is 1.24. The molecule has 1 heterocycles. The highest BCUT2D eigenvalue weighted by Crippen LogP contribution is 2.18. The van der Waals surface area contributed by atoms with Crippen LogP contribution in [-0.4, -0.2) is 24.4 Å². The van der Waals surface area contributed by atoms with E-state index in [0.29, 0.717) is 13.2 Å². The van der Waals surface area contributed by atoms with Gasteiger partial charge in [0.1, 0.15) is 0 Å². The zero-order valence-corrected chi connectivity index (χ0v) is 7.52. The molecule has 1 aliphatic rings. The second-order valence-electron chi connectivity index (χ2n) is 3.55. The molecule has 1 fully saturated rings. The monoisotopic (exact) mass is 178 g/mol. The van der Waals surface area contributed by atoms with Crippen LogP contribution in [0.5, 0.6) is 0 Å². The number of ether oxygens (including phenoxy) is 1. The van der Waals surface area contributed by atoms with Gasteiger partial charge < -0.3 is 9.84 Å². The molecule has 0 saturated carbocycles. The van der Waals surface area contributed by atoms with Gasteiger partial charge in [0.25, 0.3) is 0 Å². The summed E-state index contributed by atoms with van der Waals surface area (Å²) < 4.78 is 5.19. The molecule has 1 aromatic carbocycles. The van der Waals surface area contributed by atoms with Crippen LogP contribution in [-0.2, 0) is 11.2 Å². The Morgan fingerprint density at radius 3 is 2.62 bits per heavy atom. The smallest absolute Gasteiger partial charge is 0.0826 e. The van der Waals surface area contributed by atoms with Crippen LogP contribution >= 0.6 is 0 Å². The lowest BCUT2D eigenvalue weighted by atomic mass is 9.97. The topological polar surface area (TPSA) is 29.5 Å². The Hall–Kier alpha value is -0.860. The molecule has 0 spiro atoms. The molecule has 0 bridgehead atoms. The fraction of sp³-hybridized carbons (Fsp3) is 0.455. The van der Waals surface area contributed by atoms with Gasteiger partial charge in [0.2, 0.25) is 0 Å². The van der Waals surface area contributed by atoms with Crippen LogP contribution in [0.25, 0.3) is 0 Å². The van der Waals surface area contributed by atoms with Crippen molar-refractivity contribution in [2.75, 3.05) is 13.2 Å². The van der Waals surface area contributed by atoms with Gasteiger partial charge in [-0.1, -0.05) is 30.3 Å². The summed E-state index contributed by atoms with van der Waals surface area (Å²) in [5, 5.41) is 9.53. The molecule has 1 saturated heterocycles. The lowest BCUT2D eigenvalue weighted by molar-refractivity contribution is 0.118. The van der Waals surface area contributed by atoms with Gasteiger partial charge in [0.15, 0.2) is 0 Å². The fourth-order valence-electron chi connectivity index (χ4n) is 1.70. The lowest BCUT2D eigenvalue weighted by Gasteiger charge is -2.11. The third kappa shape index (κ3) is 2.08. The van der Waals surface area contributed by atoms with Crippen molar-refractivity contribution in [3.8, 4) is 0 Å². The van der Waals surface area contributed by atoms with Gasteiger partial charge in [0, 0.05) is 5.92 Å². The number of benzene rings is 1. The molecule has 2 atom stereocenters. The molecule has 2 heteroatoms. The largest absolute Gasteiger partial charge is 0.390 e. The van der Waals surface area contributed by atoms with Crippen molar-refractivity contribution >= 4 is 0 Å². The van der Waals surface area contributed by atoms with E-state index >= 15 is 0 Å². The summed E-state index contributed by atoms with van der Waals surface area (Å²) in [5.74, 6) is 0.280. The van der Waals surface area contributed by atoms with Crippen molar-refractivity contribution in [1.29, 1.82) is 0 Å². The number of aliphatic hydroxyl groups is 1. The Balaban J connectivity index is 1.98. The van der Waals surface area contributed by atoms with Crippen LogP contribution in [0, 0.1) is 5.92 Å². The zero-order valence-electron chi connectivity index (χ0n) is 7.52. The van der Waals surface area contributed by atoms with Gasteiger partial charge in [-0.3, -0.25) is 0 Å². The fourth-order valence-corrected chi connectivity index (χ4v) is 1.70. The summed E-state index contributed by atoms with van der Waals surface area (Å²) in [6, 6.07) is 10.2. The molecule has 2 rings (SSSR count). The van der Waals surface area contributed by atoms with Gasteiger partial charge in [0.05, 0.1) is 19.3 Å². The Bertz CT molecular complexity index is 258. The molecule has 70 valence electrons. The second-order valence-corrected chi connectivity index (χ2v) is 3.55. The highest BCUT2D eigenvalue weighted by Gasteiger charge is 2.25. The summed E-state index contributed by atoms with van der Waals surface area (Å²) in [7, 11) is 0. The minimum atomic E-state index is -0.278. The number of rotatable bonds is 2. The highest BCUT2D eigenvalue weighted by atomic mass is 16.5. The van der Waals surface area contributed by atoms with E-state index in [4.69, 9.17) is 4.74 Å². The molecule has 0 radical (unpaired) electrons. The van der Waals surface area contributed by atoms with Crippen LogP contribution in [0.15, 0.2) is 30.3 Å². The van der Waals surface area contributed by atoms with Crippen molar-refractivity contribution in [2.24, 2.45) is 5.92 Å². The van der Waals surface area contributed by atoms with Gasteiger partial charge in [-0.2, -0.15) is 0 Å². The van der Waals surface area contributed by atoms with E-state index < -0.39 is 0 Å². The van der Waals surface area contributed by atoms with E-state index in [1.807, 2.05) is 18.2 Å². The van der Waals surface area contributed by atoms with Crippen LogP contribution < -0.4 is 0 Å². The first kappa shape index (κ1) is 8.73. The second kappa shape index (κ2) is 3.90. The first-order chi connectivity index (χ1) is 6.36. The van der Waals surface area contributed by atoms with Gasteiger partial charge in [-0.25, -0.2) is 0 Å². The maximum absolute atomic E-state index is 9.53. The SMILES string of the molecule is O[C@H]1COC[C@H]1Cc1ccccc1. The summed E-state index contributed by atoms with van der Waals surface area (Å²) >= 11 is 0. The van der Waals surface area contributed by atoms with Crippen molar-refractivity contribution < 1.29 is 9.84 Å². The van der Waals surface area contributed by atoms with Crippen LogP contribution in [0.2, 0.25) is 0 Å². The molecule has 0 amide bonds. The molecular formula is C11H14O2. The van der Waals surface area contributed by atoms with E-state index in [2.05, 4.69) is 12.1 Å². The van der Waals surface area contributed by atoms with E-state index in [0.717, 1.165) is 6.42 Å². The van der Waals surface area contributed by atoms with E-state index in [1.54, 1.807) is 0 Å². The molecule has 1 aliphatic heterocycles. The Morgan fingerprint density at radius 2 is 2.00 bits per heavy atom. The predicted molar refractivity (Wildman–Crippen MR) is 50.5 cm³/mol. The molecular weight excluding hydrogens is 164 g/mol. The molecule has 0 aromatic heterocycles. The molecule has 1 aromatic rings. The zero-order chi connectivity index (χ0) is 9.10. The van der Waals surface area contributed by atoms with E-state index in [9.17, 15) is 5.11 Å². The maximum Gasteiger partial charge on any atom is 0.0826 e. The third-order valence-corrected chi connectivity index (χ3v) is 2.51. The Kier molecular flexibility index (Phi) is 2.62. The number of hydrogen-bond donors (Lipinski definition) is 1. The van der Waals surface area contributed by atoms with Gasteiger partial charge in [-0.05, 0) is 12.0 Å². The first-order valence-corrected chi connectivity index (χ1v) is 4.66. The van der Waals surface area contributed by atoms with E-state index in [-0.39, 0.29) is 12.0 Å². The molecule has 0 aliphatic carbocycles. The minimum Gasteiger partial charge on any atom is -0.390 e. The van der Waals surface area contributed by atoms with Gasteiger partial charge >= 0.3 is 0 Å². The van der Waals surface area contributed by atoms with Crippen molar-refractivity contribution in [3.05, 3.63) is 35.9 Å². The van der Waals surface area contributed by atoms with Crippen molar-refractivity contribution in [2.45, 2.75) is 12.5 Å². The van der Waals surface area contributed by atoms with Crippen molar-refractivity contribution in [3.63, 3.8) is 0 Å². The average molecular weight is 178 g/mol. The maximum atomic E-state index is 9.53. The standard InChI is InChI=1S/C11H14O2/c12-11-8-13-7-10(11)6-9-4-2-1-3-5-9/h1-5,10-12H,6-8H2/t10-,11+/m1/s1. The summed E-state index contributed by atoms with van der Waals surface area (Å²) in [4.78, 5) is 0. The molecule has 13 heavy (non-hydrogen) atoms. The van der Waals surface area contributed by atoms with Gasteiger partial charge in [-0.15, -0.1) is 0 Å². The Labute approximate surface area is 78.2 Å². The minimum absolute atomic E-state index is 0.278. The molecule has 1 N–H and O–H groups in total. The summed E-state index contributed by atoms with van der Waals surface area (Å²) in [5.41, 5.74) is 1.28. The molecule has 2 nitrogen and oxygen atoms in total. The summed E-state index contributed by atoms with van der Waals surface area (Å²) in [6.07, 6.45) is 0.641. The first-order valence-electron chi connectivity index (χ1n) is 4.66. The Morgan fingerprint density at radius 1 is 1.23 bits per heavy atom. The number of aliphatic hydroxyl groups excluding tert-OH is 1. The quantitative estimate of drug-likeness (QED) is 0.738. The van der Waals surface area contributed by atoms with Crippen LogP contribution in [0.1, 0.15) is 5.56 Å². The van der Waals surface area contributed by atoms with E-state index in [1.165, 1.54) is 5.56 Å². The number of hydrogen-bond acceptors (Lipinski definition) is 2. The lowest BCUT2D eigenvalue weighted by Crippen LogP contribution is -2.19. The van der Waals surface area contributed by atoms with Crippen molar-refractivity contribution in [1.82, 2.24) is 0 Å². The molecule has 0 unspecified atom stereocenters. The van der Waals surface area contributed by atoms with Crippen LogP contribution in [0.4, 0.5) is 0 Å². The highest BCUT2D eigenvalue weighted by molar-refractivity contribution is 5.15. The summed E-state index contributed by atoms with van der Waals surface area (Å²) in [6.45, 7) is 1.19. The van der Waals surface area contributed by atoms with Crippen LogP contribution in [0.3, 0.4) is 0 Å².